The molecule has 5 nitrogen and oxygen atoms in total. The number of nitrogens with zero attached hydrogens (tertiary/aromatic N) is 2. The SMILES string of the molecule is Cc1ccc2nc(C3CC3)cc(C(=O)N3CC(C)CC(C(=O)O)C3)c2c1. The van der Waals surface area contributed by atoms with Crippen LogP contribution in [0.2, 0.25) is 0 Å². The summed E-state index contributed by atoms with van der Waals surface area (Å²) in [6.07, 6.45) is 2.88. The van der Waals surface area contributed by atoms with Crippen molar-refractivity contribution in [3.05, 3.63) is 41.1 Å². The summed E-state index contributed by atoms with van der Waals surface area (Å²) in [5.74, 6) is -0.725. The van der Waals surface area contributed by atoms with Crippen molar-refractivity contribution in [1.82, 2.24) is 9.88 Å². The number of hydrogen-bond donors (Lipinski definition) is 1. The maximum atomic E-state index is 13.3. The van der Waals surface area contributed by atoms with Gasteiger partial charge in [-0.25, -0.2) is 0 Å². The molecule has 4 rings (SSSR count). The van der Waals surface area contributed by atoms with Crippen LogP contribution in [0.1, 0.15) is 53.7 Å². The molecule has 1 aliphatic heterocycles. The number of aryl methyl sites for hydroxylation is 1. The predicted octanol–water partition coefficient (Wildman–Crippen LogP) is 3.60. The molecule has 1 saturated carbocycles. The molecule has 0 bridgehead atoms. The number of carbonyl (C=O) groups is 2. The molecule has 5 heteroatoms. The lowest BCUT2D eigenvalue weighted by Crippen LogP contribution is -2.45. The van der Waals surface area contributed by atoms with Crippen LogP contribution < -0.4 is 0 Å². The maximum Gasteiger partial charge on any atom is 0.308 e. The first-order valence-electron chi connectivity index (χ1n) is 9.35. The van der Waals surface area contributed by atoms with Gasteiger partial charge >= 0.3 is 5.97 Å². The van der Waals surface area contributed by atoms with Crippen LogP contribution >= 0.6 is 0 Å². The van der Waals surface area contributed by atoms with Gasteiger partial charge in [0, 0.05) is 30.1 Å². The molecule has 2 unspecified atom stereocenters. The van der Waals surface area contributed by atoms with Crippen LogP contribution in [-0.4, -0.2) is 40.0 Å². The van der Waals surface area contributed by atoms with E-state index in [1.807, 2.05) is 38.1 Å². The lowest BCUT2D eigenvalue weighted by molar-refractivity contribution is -0.143. The summed E-state index contributed by atoms with van der Waals surface area (Å²) in [7, 11) is 0. The van der Waals surface area contributed by atoms with Crippen LogP contribution in [0.15, 0.2) is 24.3 Å². The fourth-order valence-electron chi connectivity index (χ4n) is 3.99. The van der Waals surface area contributed by atoms with Gasteiger partial charge in [-0.15, -0.1) is 0 Å². The topological polar surface area (TPSA) is 70.5 Å². The Kier molecular flexibility index (Phi) is 4.17. The van der Waals surface area contributed by atoms with Crippen molar-refractivity contribution >= 4 is 22.8 Å². The van der Waals surface area contributed by atoms with Gasteiger partial charge in [0.2, 0.25) is 0 Å². The van der Waals surface area contributed by atoms with Gasteiger partial charge in [-0.2, -0.15) is 0 Å². The number of aromatic nitrogens is 1. The quantitative estimate of drug-likeness (QED) is 0.916. The van der Waals surface area contributed by atoms with Gasteiger partial charge in [-0.05, 0) is 50.3 Å². The average Bonchev–Trinajstić information content (AvgIpc) is 3.44. The Morgan fingerprint density at radius 1 is 1.19 bits per heavy atom. The third-order valence-electron chi connectivity index (χ3n) is 5.51. The van der Waals surface area contributed by atoms with Crippen molar-refractivity contribution in [2.24, 2.45) is 11.8 Å². The molecule has 0 radical (unpaired) electrons. The van der Waals surface area contributed by atoms with E-state index in [1.165, 1.54) is 0 Å². The van der Waals surface area contributed by atoms with E-state index in [9.17, 15) is 14.7 Å². The fourth-order valence-corrected chi connectivity index (χ4v) is 3.99. The monoisotopic (exact) mass is 352 g/mol. The normalized spacial score (nSPS) is 23.2. The Morgan fingerprint density at radius 3 is 2.65 bits per heavy atom. The molecule has 1 saturated heterocycles. The number of aliphatic carboxylic acids is 1. The van der Waals surface area contributed by atoms with Crippen LogP contribution in [-0.2, 0) is 4.79 Å². The number of piperidine rings is 1. The van der Waals surface area contributed by atoms with E-state index in [-0.39, 0.29) is 18.4 Å². The molecule has 1 aliphatic carbocycles. The van der Waals surface area contributed by atoms with E-state index in [0.717, 1.165) is 35.0 Å². The molecule has 2 aromatic rings. The summed E-state index contributed by atoms with van der Waals surface area (Å²) in [6, 6.07) is 7.95. The van der Waals surface area contributed by atoms with Crippen LogP contribution in [0, 0.1) is 18.8 Å². The molecular formula is C21H24N2O3. The lowest BCUT2D eigenvalue weighted by atomic mass is 9.90. The lowest BCUT2D eigenvalue weighted by Gasteiger charge is -2.35. The molecule has 1 aromatic heterocycles. The third-order valence-corrected chi connectivity index (χ3v) is 5.51. The zero-order valence-electron chi connectivity index (χ0n) is 15.2. The molecule has 2 heterocycles. The molecule has 136 valence electrons. The van der Waals surface area contributed by atoms with E-state index in [1.54, 1.807) is 4.90 Å². The van der Waals surface area contributed by atoms with E-state index >= 15 is 0 Å². The van der Waals surface area contributed by atoms with Crippen LogP contribution in [0.25, 0.3) is 10.9 Å². The second-order valence-electron chi connectivity index (χ2n) is 7.98. The largest absolute Gasteiger partial charge is 0.481 e. The smallest absolute Gasteiger partial charge is 0.308 e. The summed E-state index contributed by atoms with van der Waals surface area (Å²) in [6.45, 7) is 4.91. The Morgan fingerprint density at radius 2 is 1.96 bits per heavy atom. The highest BCUT2D eigenvalue weighted by atomic mass is 16.4. The number of carboxylic acids is 1. The molecule has 1 amide bonds. The third kappa shape index (κ3) is 3.18. The minimum Gasteiger partial charge on any atom is -0.481 e. The Bertz CT molecular complexity index is 888. The second kappa shape index (κ2) is 6.38. The standard InChI is InChI=1S/C21H24N2O3/c1-12-3-6-18-16(8-12)17(9-19(22-18)14-4-5-14)20(24)23-10-13(2)7-15(11-23)21(25)26/h3,6,8-9,13-15H,4-5,7,10-11H2,1-2H3,(H,25,26). The zero-order chi connectivity index (χ0) is 18.4. The van der Waals surface area contributed by atoms with Gasteiger partial charge < -0.3 is 10.0 Å². The van der Waals surface area contributed by atoms with Crippen molar-refractivity contribution in [3.8, 4) is 0 Å². The van der Waals surface area contributed by atoms with Crippen molar-refractivity contribution < 1.29 is 14.7 Å². The van der Waals surface area contributed by atoms with Crippen molar-refractivity contribution in [1.29, 1.82) is 0 Å². The number of hydrogen-bond acceptors (Lipinski definition) is 3. The van der Waals surface area contributed by atoms with Gasteiger partial charge in [-0.1, -0.05) is 18.6 Å². The summed E-state index contributed by atoms with van der Waals surface area (Å²) in [4.78, 5) is 31.3. The maximum absolute atomic E-state index is 13.3. The molecule has 2 fully saturated rings. The number of amides is 1. The molecule has 1 N–H and O–H groups in total. The molecule has 2 aliphatic rings. The summed E-state index contributed by atoms with van der Waals surface area (Å²) in [5.41, 5.74) is 3.59. The first-order chi connectivity index (χ1) is 12.4. The van der Waals surface area contributed by atoms with E-state index in [4.69, 9.17) is 4.98 Å². The van der Waals surface area contributed by atoms with Crippen molar-refractivity contribution in [3.63, 3.8) is 0 Å². The van der Waals surface area contributed by atoms with E-state index < -0.39 is 11.9 Å². The van der Waals surface area contributed by atoms with E-state index in [2.05, 4.69) is 0 Å². The number of benzene rings is 1. The van der Waals surface area contributed by atoms with Gasteiger partial charge in [0.05, 0.1) is 17.0 Å². The fraction of sp³-hybridized carbons (Fsp3) is 0.476. The van der Waals surface area contributed by atoms with Crippen LogP contribution in [0.5, 0.6) is 0 Å². The molecular weight excluding hydrogens is 328 g/mol. The highest BCUT2D eigenvalue weighted by Gasteiger charge is 2.34. The molecule has 0 spiro atoms. The van der Waals surface area contributed by atoms with Crippen LogP contribution in [0.4, 0.5) is 0 Å². The number of pyridine rings is 1. The average molecular weight is 352 g/mol. The van der Waals surface area contributed by atoms with Crippen LogP contribution in [0.3, 0.4) is 0 Å². The molecule has 26 heavy (non-hydrogen) atoms. The van der Waals surface area contributed by atoms with Gasteiger partial charge in [0.15, 0.2) is 0 Å². The minimum atomic E-state index is -0.816. The highest BCUT2D eigenvalue weighted by molar-refractivity contribution is 6.06. The number of carbonyl (C=O) groups excluding carboxylic acids is 1. The first kappa shape index (κ1) is 17.0. The Hall–Kier alpha value is -2.43. The summed E-state index contributed by atoms with van der Waals surface area (Å²) < 4.78 is 0. The first-order valence-corrected chi connectivity index (χ1v) is 9.35. The van der Waals surface area contributed by atoms with E-state index in [0.29, 0.717) is 24.4 Å². The zero-order valence-corrected chi connectivity index (χ0v) is 15.2. The van der Waals surface area contributed by atoms with Gasteiger partial charge in [0.1, 0.15) is 0 Å². The number of fused-ring (bicyclic) bond motifs is 1. The van der Waals surface area contributed by atoms with Gasteiger partial charge in [-0.3, -0.25) is 14.6 Å². The second-order valence-corrected chi connectivity index (χ2v) is 7.98. The molecule has 1 aromatic carbocycles. The number of likely N-dealkylation sites (tertiary alicyclic amines) is 1. The Labute approximate surface area is 153 Å². The summed E-state index contributed by atoms with van der Waals surface area (Å²) in [5, 5.41) is 10.3. The number of rotatable bonds is 3. The predicted molar refractivity (Wildman–Crippen MR) is 99.3 cm³/mol. The minimum absolute atomic E-state index is 0.0669. The summed E-state index contributed by atoms with van der Waals surface area (Å²) >= 11 is 0. The molecule has 2 atom stereocenters. The number of carboxylic acid groups (broad SMARTS) is 1. The Balaban J connectivity index is 1.75. The highest BCUT2D eigenvalue weighted by Crippen LogP contribution is 2.40. The van der Waals surface area contributed by atoms with Crippen molar-refractivity contribution in [2.45, 2.75) is 39.0 Å². The van der Waals surface area contributed by atoms with Crippen molar-refractivity contribution in [2.75, 3.05) is 13.1 Å². The van der Waals surface area contributed by atoms with Gasteiger partial charge in [0.25, 0.3) is 5.91 Å².